The van der Waals surface area contributed by atoms with Crippen LogP contribution in [0.3, 0.4) is 0 Å². The summed E-state index contributed by atoms with van der Waals surface area (Å²) in [5, 5.41) is 12.7. The molecule has 1 heterocycles. The second-order valence-corrected chi connectivity index (χ2v) is 6.56. The van der Waals surface area contributed by atoms with E-state index >= 15 is 0 Å². The van der Waals surface area contributed by atoms with Gasteiger partial charge in [-0.05, 0) is 43.6 Å². The maximum absolute atomic E-state index is 9.33. The van der Waals surface area contributed by atoms with Gasteiger partial charge < -0.3 is 16.2 Å². The number of hydrogen-bond acceptors (Lipinski definition) is 3. The third-order valence-electron chi connectivity index (χ3n) is 3.27. The maximum atomic E-state index is 9.33. The summed E-state index contributed by atoms with van der Waals surface area (Å²) in [4.78, 5) is 0. The summed E-state index contributed by atoms with van der Waals surface area (Å²) in [6.45, 7) is 8.25. The topological polar surface area (TPSA) is 58.3 Å². The molecule has 1 aliphatic heterocycles. The molecule has 122 valence electrons. The van der Waals surface area contributed by atoms with Gasteiger partial charge in [-0.15, -0.1) is 8.58 Å². The minimum Gasteiger partial charge on any atom is -0.508 e. The second-order valence-electron chi connectivity index (χ2n) is 5.04. The summed E-state index contributed by atoms with van der Waals surface area (Å²) < 4.78 is 0. The highest BCUT2D eigenvalue weighted by Gasteiger charge is 2.22. The molecule has 1 aliphatic rings. The molecule has 1 saturated heterocycles. The normalized spacial score (nSPS) is 21.8. The fourth-order valence-corrected chi connectivity index (χ4v) is 3.87. The number of nitrogens with one attached hydrogen (secondary N) is 1. The van der Waals surface area contributed by atoms with Crippen molar-refractivity contribution in [2.75, 3.05) is 18.9 Å². The first-order valence-corrected chi connectivity index (χ1v) is 9.39. The summed E-state index contributed by atoms with van der Waals surface area (Å²) in [5.41, 5.74) is 7.89. The van der Waals surface area contributed by atoms with Crippen LogP contribution in [-0.4, -0.2) is 24.1 Å². The van der Waals surface area contributed by atoms with Crippen LogP contribution in [0.4, 0.5) is 5.69 Å². The van der Waals surface area contributed by atoms with Gasteiger partial charge in [0.25, 0.3) is 0 Å². The van der Waals surface area contributed by atoms with Crippen molar-refractivity contribution in [1.82, 2.24) is 5.32 Å². The van der Waals surface area contributed by atoms with E-state index in [0.717, 1.165) is 14.3 Å². The number of hydrogen-bond donors (Lipinski definition) is 3. The van der Waals surface area contributed by atoms with Gasteiger partial charge in [-0.1, -0.05) is 40.2 Å². The van der Waals surface area contributed by atoms with Crippen molar-refractivity contribution in [3.8, 4) is 5.75 Å². The number of aromatic hydroxyl groups is 1. The van der Waals surface area contributed by atoms with Crippen LogP contribution in [0.15, 0.2) is 18.2 Å². The molecule has 0 amide bonds. The summed E-state index contributed by atoms with van der Waals surface area (Å²) in [5.74, 6) is 1.52. The predicted octanol–water partition coefficient (Wildman–Crippen LogP) is 4.52. The molecule has 4 N–H and O–H groups in total. The molecule has 4 heteroatoms. The van der Waals surface area contributed by atoms with E-state index in [1.165, 1.54) is 31.0 Å². The van der Waals surface area contributed by atoms with Gasteiger partial charge >= 0.3 is 0 Å². The minimum atomic E-state index is 0.257. The summed E-state index contributed by atoms with van der Waals surface area (Å²) in [6.07, 6.45) is 4.87. The van der Waals surface area contributed by atoms with Gasteiger partial charge in [-0.3, -0.25) is 0 Å². The molecular formula is C17H33N2OP. The Bertz CT molecular complexity index is 377. The van der Waals surface area contributed by atoms with E-state index in [-0.39, 0.29) is 5.75 Å². The zero-order chi connectivity index (χ0) is 16.3. The summed E-state index contributed by atoms with van der Waals surface area (Å²) in [6, 6.07) is 5.36. The van der Waals surface area contributed by atoms with Crippen molar-refractivity contribution in [2.24, 2.45) is 0 Å². The van der Waals surface area contributed by atoms with Crippen molar-refractivity contribution < 1.29 is 5.11 Å². The zero-order valence-corrected chi connectivity index (χ0v) is 15.2. The van der Waals surface area contributed by atoms with Crippen LogP contribution in [0.2, 0.25) is 0 Å². The van der Waals surface area contributed by atoms with Crippen molar-refractivity contribution in [2.45, 2.75) is 58.7 Å². The predicted molar refractivity (Wildman–Crippen MR) is 97.8 cm³/mol. The van der Waals surface area contributed by atoms with Crippen LogP contribution in [-0.2, 0) is 0 Å². The highest BCUT2D eigenvalue weighted by Crippen LogP contribution is 2.40. The number of nitrogens with two attached hydrogens (primary N) is 1. The molecule has 0 aliphatic carbocycles. The van der Waals surface area contributed by atoms with Gasteiger partial charge in [0.05, 0.1) is 0 Å². The Labute approximate surface area is 132 Å². The fourth-order valence-electron chi connectivity index (χ4n) is 2.30. The lowest BCUT2D eigenvalue weighted by atomic mass is 9.94. The van der Waals surface area contributed by atoms with E-state index in [1.54, 1.807) is 12.1 Å². The third-order valence-corrected chi connectivity index (χ3v) is 5.07. The third kappa shape index (κ3) is 7.15. The van der Waals surface area contributed by atoms with E-state index in [1.807, 2.05) is 27.0 Å². The molecule has 0 saturated carbocycles. The van der Waals surface area contributed by atoms with Crippen LogP contribution in [0.1, 0.15) is 58.4 Å². The average Bonchev–Trinajstić information content (AvgIpc) is 2.50. The number of phenols is 1. The Balaban J connectivity index is 0.000000713. The van der Waals surface area contributed by atoms with Gasteiger partial charge in [0.15, 0.2) is 0 Å². The highest BCUT2D eigenvalue weighted by molar-refractivity contribution is 7.38. The van der Waals surface area contributed by atoms with Gasteiger partial charge in [0.2, 0.25) is 0 Å². The Morgan fingerprint density at radius 1 is 1.29 bits per heavy atom. The van der Waals surface area contributed by atoms with Gasteiger partial charge in [0.1, 0.15) is 5.75 Å². The Kier molecular flexibility index (Phi) is 11.4. The number of nitrogen functional groups attached to an aromatic ring is 1. The molecule has 1 aromatic carbocycles. The molecular weight excluding hydrogens is 279 g/mol. The molecule has 0 bridgehead atoms. The first-order valence-electron chi connectivity index (χ1n) is 8.11. The number of anilines is 1. The molecule has 3 nitrogen and oxygen atoms in total. The maximum Gasteiger partial charge on any atom is 0.117 e. The van der Waals surface area contributed by atoms with Crippen LogP contribution in [0, 0.1) is 0 Å². The fraction of sp³-hybridized carbons (Fsp3) is 0.647. The van der Waals surface area contributed by atoms with Crippen LogP contribution >= 0.6 is 8.58 Å². The summed E-state index contributed by atoms with van der Waals surface area (Å²) in [7, 11) is 3.00. The van der Waals surface area contributed by atoms with Crippen molar-refractivity contribution >= 4 is 14.3 Å². The quantitative estimate of drug-likeness (QED) is 0.556. The van der Waals surface area contributed by atoms with E-state index in [4.69, 9.17) is 5.73 Å². The molecule has 21 heavy (non-hydrogen) atoms. The minimum absolute atomic E-state index is 0.257. The molecule has 0 radical (unpaired) electrons. The Morgan fingerprint density at radius 3 is 2.33 bits per heavy atom. The van der Waals surface area contributed by atoms with E-state index < -0.39 is 0 Å². The van der Waals surface area contributed by atoms with E-state index in [0.29, 0.717) is 11.7 Å². The SMILES string of the molecule is CC.CCC.CNC1CCC(c2ccc(O)cc2N)CP1. The Morgan fingerprint density at radius 2 is 1.90 bits per heavy atom. The zero-order valence-electron chi connectivity index (χ0n) is 14.2. The first kappa shape index (κ1) is 20.2. The van der Waals surface area contributed by atoms with Gasteiger partial charge in [-0.2, -0.15) is 0 Å². The van der Waals surface area contributed by atoms with Gasteiger partial charge in [0, 0.05) is 17.5 Å². The number of phenolic OH excluding ortho intramolecular Hbond substituents is 1. The molecule has 3 atom stereocenters. The average molecular weight is 312 g/mol. The van der Waals surface area contributed by atoms with E-state index in [2.05, 4.69) is 19.2 Å². The van der Waals surface area contributed by atoms with Gasteiger partial charge in [-0.25, -0.2) is 0 Å². The smallest absolute Gasteiger partial charge is 0.117 e. The van der Waals surface area contributed by atoms with Crippen LogP contribution < -0.4 is 11.1 Å². The first-order chi connectivity index (χ1) is 10.1. The lowest BCUT2D eigenvalue weighted by Crippen LogP contribution is -2.26. The molecule has 1 aromatic rings. The molecule has 1 fully saturated rings. The van der Waals surface area contributed by atoms with Crippen molar-refractivity contribution in [3.05, 3.63) is 23.8 Å². The molecule has 0 aromatic heterocycles. The summed E-state index contributed by atoms with van der Waals surface area (Å²) >= 11 is 0. The van der Waals surface area contributed by atoms with Crippen molar-refractivity contribution in [3.63, 3.8) is 0 Å². The lowest BCUT2D eigenvalue weighted by Gasteiger charge is -2.29. The van der Waals surface area contributed by atoms with Crippen molar-refractivity contribution in [1.29, 1.82) is 0 Å². The standard InChI is InChI=1S/C12H19N2OP.C3H8.C2H6/c1-14-12-5-2-8(7-16-12)10-4-3-9(15)6-11(10)13;1-3-2;1-2/h3-4,6,8,12,14-16H,2,5,7,13H2,1H3;3H2,1-2H3;1-2H3. The van der Waals surface area contributed by atoms with E-state index in [9.17, 15) is 5.11 Å². The molecule has 3 unspecified atom stereocenters. The highest BCUT2D eigenvalue weighted by atomic mass is 31.1. The number of rotatable bonds is 2. The van der Waals surface area contributed by atoms with Crippen LogP contribution in [0.25, 0.3) is 0 Å². The largest absolute Gasteiger partial charge is 0.508 e. The molecule has 2 rings (SSSR count). The van der Waals surface area contributed by atoms with Crippen LogP contribution in [0.5, 0.6) is 5.75 Å². The monoisotopic (exact) mass is 312 g/mol. The second kappa shape index (κ2) is 11.8. The number of benzene rings is 1. The lowest BCUT2D eigenvalue weighted by molar-refractivity contribution is 0.475. The Hall–Kier alpha value is -0.790. The molecule has 0 spiro atoms.